The van der Waals surface area contributed by atoms with Crippen molar-refractivity contribution in [3.63, 3.8) is 0 Å². The van der Waals surface area contributed by atoms with E-state index < -0.39 is 0 Å². The fourth-order valence-corrected chi connectivity index (χ4v) is 2.07. The van der Waals surface area contributed by atoms with Crippen molar-refractivity contribution in [1.29, 1.82) is 0 Å². The van der Waals surface area contributed by atoms with Crippen LogP contribution in [0.15, 0.2) is 4.99 Å². The highest BCUT2D eigenvalue weighted by atomic mass is 16.5. The summed E-state index contributed by atoms with van der Waals surface area (Å²) in [7, 11) is 0. The van der Waals surface area contributed by atoms with Crippen LogP contribution in [-0.4, -0.2) is 24.2 Å². The minimum Gasteiger partial charge on any atom is -0.375 e. The standard InChI is InChI=1S/C10H21N3O/c1-3-10(4-2)7-8(5-6-14-10)13-9(11)12/h8H,3-7H2,1-2H3,(H4,11,12,13). The smallest absolute Gasteiger partial charge is 0.186 e. The van der Waals surface area contributed by atoms with E-state index in [1.54, 1.807) is 0 Å². The molecule has 1 atom stereocenters. The van der Waals surface area contributed by atoms with Gasteiger partial charge in [0.1, 0.15) is 0 Å². The lowest BCUT2D eigenvalue weighted by atomic mass is 9.86. The molecule has 1 saturated heterocycles. The van der Waals surface area contributed by atoms with Crippen molar-refractivity contribution in [2.45, 2.75) is 51.2 Å². The van der Waals surface area contributed by atoms with E-state index in [-0.39, 0.29) is 17.6 Å². The van der Waals surface area contributed by atoms with Crippen molar-refractivity contribution in [2.24, 2.45) is 16.5 Å². The SMILES string of the molecule is CCC1(CC)CC(N=C(N)N)CCO1. The highest BCUT2D eigenvalue weighted by molar-refractivity contribution is 5.75. The zero-order valence-electron chi connectivity index (χ0n) is 9.12. The van der Waals surface area contributed by atoms with E-state index in [4.69, 9.17) is 16.2 Å². The van der Waals surface area contributed by atoms with Crippen molar-refractivity contribution in [3.8, 4) is 0 Å². The van der Waals surface area contributed by atoms with Crippen molar-refractivity contribution >= 4 is 5.96 Å². The average molecular weight is 199 g/mol. The van der Waals surface area contributed by atoms with Crippen LogP contribution in [0.5, 0.6) is 0 Å². The number of hydrogen-bond acceptors (Lipinski definition) is 2. The molecule has 0 amide bonds. The Labute approximate surface area is 85.7 Å². The Morgan fingerprint density at radius 3 is 2.57 bits per heavy atom. The lowest BCUT2D eigenvalue weighted by Crippen LogP contribution is -2.41. The molecule has 0 bridgehead atoms. The molecule has 4 nitrogen and oxygen atoms in total. The van der Waals surface area contributed by atoms with Crippen LogP contribution in [0.1, 0.15) is 39.5 Å². The fourth-order valence-electron chi connectivity index (χ4n) is 2.07. The molecule has 14 heavy (non-hydrogen) atoms. The van der Waals surface area contributed by atoms with Crippen molar-refractivity contribution in [2.75, 3.05) is 6.61 Å². The first kappa shape index (κ1) is 11.3. The third-order valence-corrected chi connectivity index (χ3v) is 3.09. The third-order valence-electron chi connectivity index (χ3n) is 3.09. The zero-order chi connectivity index (χ0) is 10.6. The highest BCUT2D eigenvalue weighted by Gasteiger charge is 2.34. The molecule has 1 rings (SSSR count). The number of guanidine groups is 1. The molecular weight excluding hydrogens is 178 g/mol. The lowest BCUT2D eigenvalue weighted by molar-refractivity contribution is -0.0884. The molecule has 0 aromatic carbocycles. The Bertz CT molecular complexity index is 207. The van der Waals surface area contributed by atoms with Crippen LogP contribution in [0.3, 0.4) is 0 Å². The molecule has 0 saturated carbocycles. The minimum atomic E-state index is 0.00185. The first-order valence-corrected chi connectivity index (χ1v) is 5.34. The van der Waals surface area contributed by atoms with Crippen LogP contribution < -0.4 is 11.5 Å². The maximum Gasteiger partial charge on any atom is 0.186 e. The Hall–Kier alpha value is -0.770. The van der Waals surface area contributed by atoms with Crippen LogP contribution in [0.25, 0.3) is 0 Å². The van der Waals surface area contributed by atoms with Gasteiger partial charge in [0, 0.05) is 6.61 Å². The second kappa shape index (κ2) is 4.64. The van der Waals surface area contributed by atoms with Crippen LogP contribution in [0, 0.1) is 0 Å². The predicted octanol–water partition coefficient (Wildman–Crippen LogP) is 0.998. The largest absolute Gasteiger partial charge is 0.375 e. The molecule has 0 aromatic heterocycles. The Balaban J connectivity index is 2.63. The Morgan fingerprint density at radius 1 is 1.43 bits per heavy atom. The fraction of sp³-hybridized carbons (Fsp3) is 0.900. The predicted molar refractivity (Wildman–Crippen MR) is 58.1 cm³/mol. The second-order valence-corrected chi connectivity index (χ2v) is 3.94. The first-order valence-electron chi connectivity index (χ1n) is 5.34. The lowest BCUT2D eigenvalue weighted by Gasteiger charge is -2.38. The molecule has 1 fully saturated rings. The summed E-state index contributed by atoms with van der Waals surface area (Å²) in [6.07, 6.45) is 3.93. The van der Waals surface area contributed by atoms with E-state index >= 15 is 0 Å². The summed E-state index contributed by atoms with van der Waals surface area (Å²) in [5, 5.41) is 0. The number of ether oxygens (including phenoxy) is 1. The van der Waals surface area contributed by atoms with Crippen molar-refractivity contribution in [1.82, 2.24) is 0 Å². The van der Waals surface area contributed by atoms with Gasteiger partial charge < -0.3 is 16.2 Å². The molecule has 1 aliphatic rings. The zero-order valence-corrected chi connectivity index (χ0v) is 9.12. The summed E-state index contributed by atoms with van der Waals surface area (Å²) >= 11 is 0. The molecule has 0 radical (unpaired) electrons. The molecule has 4 heteroatoms. The van der Waals surface area contributed by atoms with E-state index in [1.165, 1.54) is 0 Å². The molecule has 4 N–H and O–H groups in total. The van der Waals surface area contributed by atoms with E-state index in [0.717, 1.165) is 32.3 Å². The Morgan fingerprint density at radius 2 is 2.07 bits per heavy atom. The molecule has 0 spiro atoms. The van der Waals surface area contributed by atoms with Gasteiger partial charge in [0.2, 0.25) is 0 Å². The van der Waals surface area contributed by atoms with Crippen LogP contribution in [-0.2, 0) is 4.74 Å². The summed E-state index contributed by atoms with van der Waals surface area (Å²) in [5.41, 5.74) is 10.8. The summed E-state index contributed by atoms with van der Waals surface area (Å²) < 4.78 is 5.82. The highest BCUT2D eigenvalue weighted by Crippen LogP contribution is 2.32. The van der Waals surface area contributed by atoms with Gasteiger partial charge in [0.05, 0.1) is 11.6 Å². The molecule has 82 valence electrons. The topological polar surface area (TPSA) is 73.6 Å². The molecular formula is C10H21N3O. The molecule has 1 aliphatic heterocycles. The second-order valence-electron chi connectivity index (χ2n) is 3.94. The maximum atomic E-state index is 5.82. The van der Waals surface area contributed by atoms with Gasteiger partial charge in [-0.1, -0.05) is 13.8 Å². The number of nitrogens with two attached hydrogens (primary N) is 2. The molecule has 0 aliphatic carbocycles. The van der Waals surface area contributed by atoms with Crippen molar-refractivity contribution in [3.05, 3.63) is 0 Å². The summed E-state index contributed by atoms with van der Waals surface area (Å²) in [6, 6.07) is 0.244. The number of rotatable bonds is 3. The van der Waals surface area contributed by atoms with E-state index in [2.05, 4.69) is 18.8 Å². The van der Waals surface area contributed by atoms with E-state index in [1.807, 2.05) is 0 Å². The quantitative estimate of drug-likeness (QED) is 0.526. The van der Waals surface area contributed by atoms with E-state index in [9.17, 15) is 0 Å². The van der Waals surface area contributed by atoms with E-state index in [0.29, 0.717) is 0 Å². The summed E-state index contributed by atoms with van der Waals surface area (Å²) in [4.78, 5) is 4.22. The van der Waals surface area contributed by atoms with Gasteiger partial charge in [0.25, 0.3) is 0 Å². The van der Waals surface area contributed by atoms with Gasteiger partial charge >= 0.3 is 0 Å². The van der Waals surface area contributed by atoms with Gasteiger partial charge in [0.15, 0.2) is 5.96 Å². The van der Waals surface area contributed by atoms with Crippen LogP contribution in [0.2, 0.25) is 0 Å². The molecule has 1 unspecified atom stereocenters. The number of hydrogen-bond donors (Lipinski definition) is 2. The van der Waals surface area contributed by atoms with Crippen molar-refractivity contribution < 1.29 is 4.74 Å². The monoisotopic (exact) mass is 199 g/mol. The van der Waals surface area contributed by atoms with Gasteiger partial charge in [-0.2, -0.15) is 0 Å². The number of aliphatic imine (C=N–C) groups is 1. The normalized spacial score (nSPS) is 25.7. The van der Waals surface area contributed by atoms with Crippen LogP contribution >= 0.6 is 0 Å². The Kier molecular flexibility index (Phi) is 3.75. The number of nitrogens with zero attached hydrogens (tertiary/aromatic N) is 1. The maximum absolute atomic E-state index is 5.82. The first-order chi connectivity index (χ1) is 6.62. The van der Waals surface area contributed by atoms with Gasteiger partial charge in [-0.15, -0.1) is 0 Å². The van der Waals surface area contributed by atoms with Gasteiger partial charge in [-0.3, -0.25) is 4.99 Å². The average Bonchev–Trinajstić information content (AvgIpc) is 2.17. The summed E-state index contributed by atoms with van der Waals surface area (Å²) in [6.45, 7) is 5.08. The third kappa shape index (κ3) is 2.61. The summed E-state index contributed by atoms with van der Waals surface area (Å²) in [5.74, 6) is 0.193. The minimum absolute atomic E-state index is 0.00185. The van der Waals surface area contributed by atoms with Gasteiger partial charge in [-0.05, 0) is 25.7 Å². The molecule has 1 heterocycles. The molecule has 0 aromatic rings. The van der Waals surface area contributed by atoms with Crippen LogP contribution in [0.4, 0.5) is 0 Å². The van der Waals surface area contributed by atoms with Gasteiger partial charge in [-0.25, -0.2) is 0 Å².